The molecule has 1 rings (SSSR count). The number of nitrogens with zero attached hydrogens (tertiary/aromatic N) is 1. The molecule has 1 aliphatic rings. The molecule has 106 valence electrons. The van der Waals surface area contributed by atoms with Crippen LogP contribution in [0.5, 0.6) is 0 Å². The van der Waals surface area contributed by atoms with Crippen LogP contribution in [0.15, 0.2) is 0 Å². The van der Waals surface area contributed by atoms with Gasteiger partial charge in [0, 0.05) is 19.1 Å². The van der Waals surface area contributed by atoms with Crippen molar-refractivity contribution in [3.05, 3.63) is 0 Å². The maximum atomic E-state index is 11.7. The third kappa shape index (κ3) is 4.22. The molecule has 0 radical (unpaired) electrons. The van der Waals surface area contributed by atoms with Crippen LogP contribution in [0.2, 0.25) is 0 Å². The molecule has 7 heteroatoms. The molecule has 2 atom stereocenters. The molecular weight excluding hydrogens is 256 g/mol. The zero-order chi connectivity index (χ0) is 13.8. The molecular formula is C11H22N2O4S. The van der Waals surface area contributed by atoms with Gasteiger partial charge in [0.05, 0.1) is 18.1 Å². The van der Waals surface area contributed by atoms with Gasteiger partial charge < -0.3 is 10.1 Å². The number of rotatable bonds is 5. The van der Waals surface area contributed by atoms with E-state index < -0.39 is 15.9 Å². The van der Waals surface area contributed by atoms with Crippen LogP contribution < -0.4 is 5.32 Å². The summed E-state index contributed by atoms with van der Waals surface area (Å²) in [6, 6.07) is -0.470. The van der Waals surface area contributed by atoms with Crippen molar-refractivity contribution >= 4 is 15.8 Å². The number of likely N-dealkylation sites (N-methyl/N-ethyl adjacent to an activating group) is 1. The van der Waals surface area contributed by atoms with Crippen molar-refractivity contribution in [2.24, 2.45) is 0 Å². The molecule has 0 aliphatic carbocycles. The fraction of sp³-hybridized carbons (Fsp3) is 0.909. The van der Waals surface area contributed by atoms with Gasteiger partial charge in [0.25, 0.3) is 0 Å². The molecule has 0 aromatic carbocycles. The summed E-state index contributed by atoms with van der Waals surface area (Å²) >= 11 is 0. The smallest absolute Gasteiger partial charge is 0.324 e. The second-order valence-corrected chi connectivity index (χ2v) is 6.78. The summed E-state index contributed by atoms with van der Waals surface area (Å²) in [6.07, 6.45) is 0. The molecule has 0 aromatic rings. The minimum atomic E-state index is -2.92. The summed E-state index contributed by atoms with van der Waals surface area (Å²) in [4.78, 5) is 13.7. The zero-order valence-corrected chi connectivity index (χ0v) is 12.0. The number of carbonyl (C=O) groups excluding carboxylic acids is 1. The second-order valence-electron chi connectivity index (χ2n) is 4.55. The topological polar surface area (TPSA) is 75.7 Å². The van der Waals surface area contributed by atoms with Gasteiger partial charge in [-0.2, -0.15) is 0 Å². The number of ether oxygens (including phenoxy) is 1. The lowest BCUT2D eigenvalue weighted by atomic mass is 10.2. The van der Waals surface area contributed by atoms with Gasteiger partial charge in [0.2, 0.25) is 0 Å². The Morgan fingerprint density at radius 3 is 2.72 bits per heavy atom. The molecule has 1 heterocycles. The van der Waals surface area contributed by atoms with Crippen LogP contribution in [0.3, 0.4) is 0 Å². The van der Waals surface area contributed by atoms with Crippen molar-refractivity contribution in [2.75, 3.05) is 38.2 Å². The van der Waals surface area contributed by atoms with Gasteiger partial charge in [-0.3, -0.25) is 9.69 Å². The van der Waals surface area contributed by atoms with Gasteiger partial charge in [0.1, 0.15) is 6.04 Å². The molecule has 1 saturated heterocycles. The first-order valence-electron chi connectivity index (χ1n) is 6.18. The van der Waals surface area contributed by atoms with Crippen LogP contribution in [0.25, 0.3) is 0 Å². The third-order valence-electron chi connectivity index (χ3n) is 3.14. The van der Waals surface area contributed by atoms with E-state index in [0.29, 0.717) is 19.7 Å². The molecule has 1 aliphatic heterocycles. The average molecular weight is 278 g/mol. The Hall–Kier alpha value is -0.660. The minimum Gasteiger partial charge on any atom is -0.465 e. The summed E-state index contributed by atoms with van der Waals surface area (Å²) in [5.41, 5.74) is 0. The summed E-state index contributed by atoms with van der Waals surface area (Å²) < 4.78 is 27.9. The Balaban J connectivity index is 2.58. The van der Waals surface area contributed by atoms with Gasteiger partial charge in [-0.05, 0) is 20.9 Å². The van der Waals surface area contributed by atoms with Gasteiger partial charge in [0.15, 0.2) is 9.84 Å². The van der Waals surface area contributed by atoms with E-state index in [9.17, 15) is 13.2 Å². The highest BCUT2D eigenvalue weighted by molar-refractivity contribution is 7.91. The number of nitrogens with one attached hydrogen (secondary N) is 1. The maximum absolute atomic E-state index is 11.7. The SMILES string of the molecule is CCOC(=O)C(CN1CCS(=O)(=O)CC1C)NC. The Morgan fingerprint density at radius 2 is 2.22 bits per heavy atom. The molecule has 1 fully saturated rings. The van der Waals surface area contributed by atoms with Crippen LogP contribution in [-0.4, -0.2) is 69.6 Å². The highest BCUT2D eigenvalue weighted by atomic mass is 32.2. The first kappa shape index (κ1) is 15.4. The average Bonchev–Trinajstić information content (AvgIpc) is 2.27. The first-order chi connectivity index (χ1) is 8.39. The number of carbonyl (C=O) groups is 1. The van der Waals surface area contributed by atoms with Gasteiger partial charge in [-0.15, -0.1) is 0 Å². The molecule has 0 amide bonds. The second kappa shape index (κ2) is 6.49. The molecule has 6 nitrogen and oxygen atoms in total. The van der Waals surface area contributed by atoms with Crippen LogP contribution in [0.1, 0.15) is 13.8 Å². The summed E-state index contributed by atoms with van der Waals surface area (Å²) in [7, 11) is -1.21. The van der Waals surface area contributed by atoms with E-state index in [1.54, 1.807) is 14.0 Å². The van der Waals surface area contributed by atoms with E-state index >= 15 is 0 Å². The number of hydrogen-bond acceptors (Lipinski definition) is 6. The Labute approximate surface area is 109 Å². The molecule has 0 bridgehead atoms. The fourth-order valence-electron chi connectivity index (χ4n) is 2.07. The summed E-state index contributed by atoms with van der Waals surface area (Å²) in [6.45, 7) is 4.93. The van der Waals surface area contributed by atoms with E-state index in [1.807, 2.05) is 11.8 Å². The predicted octanol–water partition coefficient (Wildman–Crippen LogP) is -0.744. The van der Waals surface area contributed by atoms with E-state index in [0.717, 1.165) is 0 Å². The summed E-state index contributed by atoms with van der Waals surface area (Å²) in [5, 5.41) is 2.91. The first-order valence-corrected chi connectivity index (χ1v) is 8.00. The Bertz CT molecular complexity index is 383. The number of hydrogen-bond donors (Lipinski definition) is 1. The lowest BCUT2D eigenvalue weighted by molar-refractivity contribution is -0.146. The quantitative estimate of drug-likeness (QED) is 0.667. The predicted molar refractivity (Wildman–Crippen MR) is 69.2 cm³/mol. The van der Waals surface area contributed by atoms with Crippen molar-refractivity contribution < 1.29 is 17.9 Å². The molecule has 0 spiro atoms. The van der Waals surface area contributed by atoms with Crippen molar-refractivity contribution in [3.8, 4) is 0 Å². The highest BCUT2D eigenvalue weighted by Gasteiger charge is 2.31. The molecule has 0 saturated carbocycles. The van der Waals surface area contributed by atoms with Gasteiger partial charge in [-0.1, -0.05) is 0 Å². The summed E-state index contributed by atoms with van der Waals surface area (Å²) in [5.74, 6) is 0.0312. The van der Waals surface area contributed by atoms with Crippen LogP contribution in [0, 0.1) is 0 Å². The van der Waals surface area contributed by atoms with Crippen molar-refractivity contribution in [3.63, 3.8) is 0 Å². The van der Waals surface area contributed by atoms with Crippen LogP contribution in [-0.2, 0) is 19.4 Å². The molecule has 2 unspecified atom stereocenters. The van der Waals surface area contributed by atoms with Crippen molar-refractivity contribution in [1.82, 2.24) is 10.2 Å². The molecule has 0 aromatic heterocycles. The third-order valence-corrected chi connectivity index (χ3v) is 4.94. The number of sulfone groups is 1. The van der Waals surface area contributed by atoms with E-state index in [-0.39, 0.29) is 23.5 Å². The largest absolute Gasteiger partial charge is 0.465 e. The van der Waals surface area contributed by atoms with Crippen molar-refractivity contribution in [2.45, 2.75) is 25.9 Å². The van der Waals surface area contributed by atoms with E-state index in [1.165, 1.54) is 0 Å². The van der Waals surface area contributed by atoms with E-state index in [2.05, 4.69) is 5.32 Å². The standard InChI is InChI=1S/C11H22N2O4S/c1-4-17-11(14)10(12-3)7-13-5-6-18(15,16)8-9(13)2/h9-10,12H,4-8H2,1-3H3. The lowest BCUT2D eigenvalue weighted by Crippen LogP contribution is -2.53. The monoisotopic (exact) mass is 278 g/mol. The van der Waals surface area contributed by atoms with Crippen LogP contribution in [0.4, 0.5) is 0 Å². The van der Waals surface area contributed by atoms with Gasteiger partial charge in [-0.25, -0.2) is 8.42 Å². The van der Waals surface area contributed by atoms with Crippen molar-refractivity contribution in [1.29, 1.82) is 0 Å². The van der Waals surface area contributed by atoms with Gasteiger partial charge >= 0.3 is 5.97 Å². The normalized spacial score (nSPS) is 25.6. The lowest BCUT2D eigenvalue weighted by Gasteiger charge is -2.34. The minimum absolute atomic E-state index is 0.0611. The molecule has 18 heavy (non-hydrogen) atoms. The zero-order valence-electron chi connectivity index (χ0n) is 11.2. The Kier molecular flexibility index (Phi) is 5.55. The van der Waals surface area contributed by atoms with Crippen LogP contribution >= 0.6 is 0 Å². The maximum Gasteiger partial charge on any atom is 0.324 e. The molecule has 1 N–H and O–H groups in total. The Morgan fingerprint density at radius 1 is 1.56 bits per heavy atom. The highest BCUT2D eigenvalue weighted by Crippen LogP contribution is 2.12. The van der Waals surface area contributed by atoms with E-state index in [4.69, 9.17) is 4.74 Å². The fourth-order valence-corrected chi connectivity index (χ4v) is 3.69. The number of esters is 1.